The van der Waals surface area contributed by atoms with Gasteiger partial charge in [0.05, 0.1) is 5.56 Å². The molecule has 0 spiro atoms. The summed E-state index contributed by atoms with van der Waals surface area (Å²) in [6, 6.07) is 12.4. The lowest BCUT2D eigenvalue weighted by atomic mass is 10.1. The molecule has 0 radical (unpaired) electrons. The Hall–Kier alpha value is -1.86. The van der Waals surface area contributed by atoms with Gasteiger partial charge in [-0.2, -0.15) is 13.2 Å². The lowest BCUT2D eigenvalue weighted by Gasteiger charge is -2.08. The van der Waals surface area contributed by atoms with Crippen molar-refractivity contribution in [1.82, 2.24) is 5.32 Å². The van der Waals surface area contributed by atoms with Crippen LogP contribution in [0.5, 0.6) is 0 Å². The monoisotopic (exact) mass is 413 g/mol. The van der Waals surface area contributed by atoms with Gasteiger partial charge in [-0.05, 0) is 39.7 Å². The molecular formula is C17H11BrF3NOS. The van der Waals surface area contributed by atoms with Gasteiger partial charge in [0, 0.05) is 21.1 Å². The zero-order valence-electron chi connectivity index (χ0n) is 12.2. The highest BCUT2D eigenvalue weighted by atomic mass is 79.9. The van der Waals surface area contributed by atoms with Gasteiger partial charge in [-0.3, -0.25) is 4.79 Å². The van der Waals surface area contributed by atoms with E-state index < -0.39 is 11.7 Å². The van der Waals surface area contributed by atoms with Gasteiger partial charge in [-0.15, -0.1) is 11.3 Å². The summed E-state index contributed by atoms with van der Waals surface area (Å²) in [6.07, 6.45) is -4.36. The predicted octanol–water partition coefficient (Wildman–Crippen LogP) is 5.61. The van der Waals surface area contributed by atoms with Gasteiger partial charge in [-0.1, -0.05) is 30.3 Å². The minimum atomic E-state index is -4.36. The van der Waals surface area contributed by atoms with Gasteiger partial charge < -0.3 is 5.32 Å². The summed E-state index contributed by atoms with van der Waals surface area (Å²) < 4.78 is 39.3. The van der Waals surface area contributed by atoms with Gasteiger partial charge in [-0.25, -0.2) is 0 Å². The lowest BCUT2D eigenvalue weighted by Crippen LogP contribution is -2.22. The number of carbonyl (C=O) groups is 1. The molecule has 1 heterocycles. The van der Waals surface area contributed by atoms with E-state index in [1.165, 1.54) is 23.5 Å². The highest BCUT2D eigenvalue weighted by molar-refractivity contribution is 9.10. The fraction of sp³-hybridized carbons (Fsp3) is 0.118. The number of nitrogens with one attached hydrogen (secondary N) is 1. The van der Waals surface area contributed by atoms with Crippen LogP contribution in [-0.4, -0.2) is 5.91 Å². The Balaban J connectivity index is 1.72. The second-order valence-electron chi connectivity index (χ2n) is 5.12. The van der Waals surface area contributed by atoms with Crippen LogP contribution >= 0.6 is 27.3 Å². The molecule has 124 valence electrons. The van der Waals surface area contributed by atoms with E-state index in [9.17, 15) is 18.0 Å². The molecule has 24 heavy (non-hydrogen) atoms. The summed E-state index contributed by atoms with van der Waals surface area (Å²) in [5.74, 6) is -0.261. The van der Waals surface area contributed by atoms with E-state index >= 15 is 0 Å². The van der Waals surface area contributed by atoms with Crippen LogP contribution in [-0.2, 0) is 12.7 Å². The quantitative estimate of drug-likeness (QED) is 0.593. The highest BCUT2D eigenvalue weighted by Crippen LogP contribution is 2.35. The number of carbonyl (C=O) groups excluding carboxylic acids is 1. The van der Waals surface area contributed by atoms with E-state index in [1.807, 2.05) is 24.3 Å². The first-order chi connectivity index (χ1) is 11.4. The van der Waals surface area contributed by atoms with Crippen molar-refractivity contribution in [1.29, 1.82) is 0 Å². The second-order valence-corrected chi connectivity index (χ2v) is 6.96. The van der Waals surface area contributed by atoms with Gasteiger partial charge in [0.15, 0.2) is 0 Å². The van der Waals surface area contributed by atoms with E-state index in [2.05, 4.69) is 21.2 Å². The van der Waals surface area contributed by atoms with Crippen molar-refractivity contribution in [3.8, 4) is 0 Å². The SMILES string of the molecule is O=C(NCc1ccc(C(F)(F)F)cc1)c1sc2ccccc2c1Br. The van der Waals surface area contributed by atoms with Crippen LogP contribution in [0.1, 0.15) is 20.8 Å². The lowest BCUT2D eigenvalue weighted by molar-refractivity contribution is -0.137. The van der Waals surface area contributed by atoms with Crippen molar-refractivity contribution >= 4 is 43.3 Å². The van der Waals surface area contributed by atoms with Crippen molar-refractivity contribution in [2.45, 2.75) is 12.7 Å². The fourth-order valence-electron chi connectivity index (χ4n) is 2.23. The number of fused-ring (bicyclic) bond motifs is 1. The number of amides is 1. The molecule has 0 bridgehead atoms. The van der Waals surface area contributed by atoms with E-state index in [-0.39, 0.29) is 12.5 Å². The Morgan fingerprint density at radius 2 is 1.75 bits per heavy atom. The van der Waals surface area contributed by atoms with Gasteiger partial charge in [0.2, 0.25) is 0 Å². The number of halogens is 4. The summed E-state index contributed by atoms with van der Waals surface area (Å²) in [5.41, 5.74) is -0.0987. The van der Waals surface area contributed by atoms with Crippen molar-refractivity contribution in [3.05, 3.63) is 69.0 Å². The smallest absolute Gasteiger partial charge is 0.347 e. The molecule has 7 heteroatoms. The molecule has 2 aromatic carbocycles. The topological polar surface area (TPSA) is 29.1 Å². The van der Waals surface area contributed by atoms with Crippen molar-refractivity contribution < 1.29 is 18.0 Å². The zero-order valence-corrected chi connectivity index (χ0v) is 14.6. The van der Waals surface area contributed by atoms with Crippen LogP contribution in [0.2, 0.25) is 0 Å². The highest BCUT2D eigenvalue weighted by Gasteiger charge is 2.29. The molecule has 2 nitrogen and oxygen atoms in total. The van der Waals surface area contributed by atoms with E-state index in [0.29, 0.717) is 10.4 Å². The summed E-state index contributed by atoms with van der Waals surface area (Å²) in [6.45, 7) is 0.164. The van der Waals surface area contributed by atoms with Crippen molar-refractivity contribution in [3.63, 3.8) is 0 Å². The number of thiophene rings is 1. The second kappa shape index (κ2) is 6.57. The van der Waals surface area contributed by atoms with Crippen LogP contribution in [0.3, 0.4) is 0 Å². The Kier molecular flexibility index (Phi) is 4.64. The third-order valence-corrected chi connectivity index (χ3v) is 5.73. The molecule has 1 amide bonds. The molecular weight excluding hydrogens is 403 g/mol. The molecule has 0 atom stereocenters. The summed E-state index contributed by atoms with van der Waals surface area (Å²) in [5, 5.41) is 3.70. The molecule has 0 saturated carbocycles. The standard InChI is InChI=1S/C17H11BrF3NOS/c18-14-12-3-1-2-4-13(12)24-15(14)16(23)22-9-10-5-7-11(8-6-10)17(19,20)21/h1-8H,9H2,(H,22,23). The Bertz CT molecular complexity index is 887. The van der Waals surface area contributed by atoms with Crippen LogP contribution in [0.4, 0.5) is 13.2 Å². The predicted molar refractivity (Wildman–Crippen MR) is 92.1 cm³/mol. The third kappa shape index (κ3) is 3.47. The molecule has 3 aromatic rings. The number of rotatable bonds is 3. The third-order valence-electron chi connectivity index (χ3n) is 3.48. The first kappa shape index (κ1) is 17.0. The molecule has 0 saturated heterocycles. The first-order valence-corrected chi connectivity index (χ1v) is 8.58. The normalized spacial score (nSPS) is 11.7. The fourth-order valence-corrected chi connectivity index (χ4v) is 4.15. The van der Waals surface area contributed by atoms with Crippen LogP contribution in [0, 0.1) is 0 Å². The molecule has 0 fully saturated rings. The molecule has 0 aliphatic carbocycles. The Labute approximate surface area is 148 Å². The minimum Gasteiger partial charge on any atom is -0.347 e. The van der Waals surface area contributed by atoms with Crippen molar-refractivity contribution in [2.75, 3.05) is 0 Å². The largest absolute Gasteiger partial charge is 0.416 e. The molecule has 0 aliphatic rings. The average Bonchev–Trinajstić information content (AvgIpc) is 2.90. The maximum Gasteiger partial charge on any atom is 0.416 e. The number of hydrogen-bond donors (Lipinski definition) is 1. The van der Waals surface area contributed by atoms with Crippen LogP contribution < -0.4 is 5.32 Å². The van der Waals surface area contributed by atoms with Crippen LogP contribution in [0.25, 0.3) is 10.1 Å². The van der Waals surface area contributed by atoms with Crippen LogP contribution in [0.15, 0.2) is 53.0 Å². The van der Waals surface area contributed by atoms with Gasteiger partial charge >= 0.3 is 6.18 Å². The number of hydrogen-bond acceptors (Lipinski definition) is 2. The minimum absolute atomic E-state index is 0.164. The number of benzene rings is 2. The zero-order chi connectivity index (χ0) is 17.3. The van der Waals surface area contributed by atoms with E-state index in [4.69, 9.17) is 0 Å². The van der Waals surface area contributed by atoms with Crippen molar-refractivity contribution in [2.24, 2.45) is 0 Å². The number of alkyl halides is 3. The Morgan fingerprint density at radius 3 is 2.38 bits per heavy atom. The summed E-state index contributed by atoms with van der Waals surface area (Å²) in [7, 11) is 0. The maximum atomic E-state index is 12.5. The Morgan fingerprint density at radius 1 is 1.08 bits per heavy atom. The molecule has 3 rings (SSSR count). The molecule has 1 N–H and O–H groups in total. The first-order valence-electron chi connectivity index (χ1n) is 6.97. The molecule has 0 aliphatic heterocycles. The molecule has 0 unspecified atom stereocenters. The summed E-state index contributed by atoms with van der Waals surface area (Å²) in [4.78, 5) is 12.9. The van der Waals surface area contributed by atoms with E-state index in [0.717, 1.165) is 26.7 Å². The van der Waals surface area contributed by atoms with Gasteiger partial charge in [0.1, 0.15) is 4.88 Å². The van der Waals surface area contributed by atoms with E-state index in [1.54, 1.807) is 0 Å². The average molecular weight is 414 g/mol. The van der Waals surface area contributed by atoms with Gasteiger partial charge in [0.25, 0.3) is 5.91 Å². The molecule has 1 aromatic heterocycles. The maximum absolute atomic E-state index is 12.5. The summed E-state index contributed by atoms with van der Waals surface area (Å²) >= 11 is 4.80.